The summed E-state index contributed by atoms with van der Waals surface area (Å²) in [5, 5.41) is 11.2. The van der Waals surface area contributed by atoms with E-state index in [9.17, 15) is 19.7 Å². The Morgan fingerprint density at radius 1 is 1.12 bits per heavy atom. The quantitative estimate of drug-likeness (QED) is 0.482. The minimum absolute atomic E-state index is 0.0545. The van der Waals surface area contributed by atoms with Gasteiger partial charge in [-0.3, -0.25) is 30.6 Å². The van der Waals surface area contributed by atoms with Gasteiger partial charge in [-0.1, -0.05) is 29.8 Å². The van der Waals surface area contributed by atoms with Crippen LogP contribution in [-0.2, 0) is 4.79 Å². The molecule has 0 saturated heterocycles. The summed E-state index contributed by atoms with van der Waals surface area (Å²) < 4.78 is 0. The number of carbonyl (C=O) groups excluding carboxylic acids is 2. The van der Waals surface area contributed by atoms with Crippen molar-refractivity contribution in [1.29, 1.82) is 0 Å². The highest BCUT2D eigenvalue weighted by atomic mass is 35.5. The Kier molecular flexibility index (Phi) is 6.16. The lowest BCUT2D eigenvalue weighted by Crippen LogP contribution is -2.42. The molecule has 0 bridgehead atoms. The van der Waals surface area contributed by atoms with Crippen molar-refractivity contribution in [2.24, 2.45) is 0 Å². The Morgan fingerprint density at radius 2 is 1.88 bits per heavy atom. The van der Waals surface area contributed by atoms with Gasteiger partial charge in [-0.2, -0.15) is 0 Å². The standard InChI is InChI=1S/C15H12ClN3O4S/c16-12-6-1-2-7-13(12)24-9-14(20)17-18-15(21)10-4-3-5-11(8-10)19(22)23/h1-8H,9H2,(H,17,20)(H,18,21). The summed E-state index contributed by atoms with van der Waals surface area (Å²) in [6.07, 6.45) is 0. The molecule has 0 aliphatic heterocycles. The van der Waals surface area contributed by atoms with Gasteiger partial charge < -0.3 is 0 Å². The van der Waals surface area contributed by atoms with E-state index in [4.69, 9.17) is 11.6 Å². The van der Waals surface area contributed by atoms with E-state index in [-0.39, 0.29) is 17.0 Å². The SMILES string of the molecule is O=C(CSc1ccccc1Cl)NNC(=O)c1cccc([N+](=O)[O-])c1. The molecule has 7 nitrogen and oxygen atoms in total. The fourth-order valence-electron chi connectivity index (χ4n) is 1.70. The molecule has 0 spiro atoms. The zero-order valence-corrected chi connectivity index (χ0v) is 13.8. The molecule has 2 amide bonds. The Labute approximate surface area is 146 Å². The average Bonchev–Trinajstić information content (AvgIpc) is 2.59. The van der Waals surface area contributed by atoms with E-state index < -0.39 is 16.7 Å². The molecule has 2 rings (SSSR count). The largest absolute Gasteiger partial charge is 0.272 e. The Hall–Kier alpha value is -2.58. The van der Waals surface area contributed by atoms with Crippen LogP contribution in [0.2, 0.25) is 5.02 Å². The molecule has 124 valence electrons. The summed E-state index contributed by atoms with van der Waals surface area (Å²) in [5.74, 6) is -1.02. The molecule has 2 aromatic rings. The number of halogens is 1. The number of thioether (sulfide) groups is 1. The zero-order valence-electron chi connectivity index (χ0n) is 12.2. The smallest absolute Gasteiger partial charge is 0.270 e. The highest BCUT2D eigenvalue weighted by molar-refractivity contribution is 8.00. The zero-order chi connectivity index (χ0) is 17.5. The second-order valence-electron chi connectivity index (χ2n) is 4.53. The number of benzene rings is 2. The first-order chi connectivity index (χ1) is 11.5. The van der Waals surface area contributed by atoms with E-state index in [1.165, 1.54) is 30.0 Å². The predicted molar refractivity (Wildman–Crippen MR) is 90.9 cm³/mol. The average molecular weight is 366 g/mol. The van der Waals surface area contributed by atoms with Crippen molar-refractivity contribution < 1.29 is 14.5 Å². The minimum atomic E-state index is -0.644. The van der Waals surface area contributed by atoms with Gasteiger partial charge in [0, 0.05) is 22.6 Å². The van der Waals surface area contributed by atoms with E-state index >= 15 is 0 Å². The summed E-state index contributed by atoms with van der Waals surface area (Å²) in [7, 11) is 0. The van der Waals surface area contributed by atoms with Gasteiger partial charge >= 0.3 is 0 Å². The molecule has 2 aromatic carbocycles. The highest BCUT2D eigenvalue weighted by Gasteiger charge is 2.12. The number of hydrogen-bond donors (Lipinski definition) is 2. The molecular formula is C15H12ClN3O4S. The van der Waals surface area contributed by atoms with Crippen LogP contribution in [0.5, 0.6) is 0 Å². The van der Waals surface area contributed by atoms with E-state index in [1.807, 2.05) is 0 Å². The van der Waals surface area contributed by atoms with Crippen LogP contribution in [0.4, 0.5) is 5.69 Å². The maximum absolute atomic E-state index is 11.9. The van der Waals surface area contributed by atoms with Gasteiger partial charge in [0.25, 0.3) is 11.6 Å². The Bertz CT molecular complexity index is 785. The van der Waals surface area contributed by atoms with Crippen molar-refractivity contribution in [3.63, 3.8) is 0 Å². The number of amides is 2. The topological polar surface area (TPSA) is 101 Å². The summed E-state index contributed by atoms with van der Waals surface area (Å²) in [6, 6.07) is 12.3. The fraction of sp³-hybridized carbons (Fsp3) is 0.0667. The monoisotopic (exact) mass is 365 g/mol. The lowest BCUT2D eigenvalue weighted by Gasteiger charge is -2.08. The molecule has 0 aliphatic carbocycles. The summed E-state index contributed by atoms with van der Waals surface area (Å²) in [4.78, 5) is 34.4. The highest BCUT2D eigenvalue weighted by Crippen LogP contribution is 2.26. The van der Waals surface area contributed by atoms with Gasteiger partial charge in [0.15, 0.2) is 0 Å². The van der Waals surface area contributed by atoms with Gasteiger partial charge in [0.1, 0.15) is 0 Å². The molecule has 0 unspecified atom stereocenters. The number of hydrogen-bond acceptors (Lipinski definition) is 5. The second-order valence-corrected chi connectivity index (χ2v) is 5.95. The molecule has 0 radical (unpaired) electrons. The summed E-state index contributed by atoms with van der Waals surface area (Å²) in [6.45, 7) is 0. The molecule has 0 atom stereocenters. The van der Waals surface area contributed by atoms with Gasteiger partial charge in [-0.15, -0.1) is 11.8 Å². The summed E-state index contributed by atoms with van der Waals surface area (Å²) in [5.41, 5.74) is 4.32. The van der Waals surface area contributed by atoms with Crippen LogP contribution >= 0.6 is 23.4 Å². The first kappa shape index (κ1) is 17.8. The maximum Gasteiger partial charge on any atom is 0.270 e. The van der Waals surface area contributed by atoms with Gasteiger partial charge in [0.2, 0.25) is 5.91 Å². The Balaban J connectivity index is 1.85. The maximum atomic E-state index is 11.9. The van der Waals surface area contributed by atoms with Crippen molar-refractivity contribution in [2.75, 3.05) is 5.75 Å². The first-order valence-electron chi connectivity index (χ1n) is 6.68. The van der Waals surface area contributed by atoms with Gasteiger partial charge in [-0.05, 0) is 18.2 Å². The third kappa shape index (κ3) is 4.97. The van der Waals surface area contributed by atoms with Crippen molar-refractivity contribution in [1.82, 2.24) is 10.9 Å². The number of nitrogens with zero attached hydrogens (tertiary/aromatic N) is 1. The number of nitro benzene ring substituents is 1. The molecule has 9 heteroatoms. The van der Waals surface area contributed by atoms with Crippen LogP contribution in [0.15, 0.2) is 53.4 Å². The fourth-order valence-corrected chi connectivity index (χ4v) is 2.74. The number of nitrogens with one attached hydrogen (secondary N) is 2. The van der Waals surface area contributed by atoms with Crippen LogP contribution in [0.1, 0.15) is 10.4 Å². The van der Waals surface area contributed by atoms with Crippen molar-refractivity contribution in [3.05, 3.63) is 69.2 Å². The lowest BCUT2D eigenvalue weighted by atomic mass is 10.2. The van der Waals surface area contributed by atoms with E-state index in [0.29, 0.717) is 5.02 Å². The molecule has 24 heavy (non-hydrogen) atoms. The van der Waals surface area contributed by atoms with Gasteiger partial charge in [0.05, 0.1) is 15.7 Å². The third-order valence-corrected chi connectivity index (χ3v) is 4.35. The molecule has 0 saturated carbocycles. The van der Waals surface area contributed by atoms with Crippen LogP contribution in [-0.4, -0.2) is 22.5 Å². The Morgan fingerprint density at radius 3 is 2.58 bits per heavy atom. The minimum Gasteiger partial charge on any atom is -0.272 e. The third-order valence-electron chi connectivity index (χ3n) is 2.83. The van der Waals surface area contributed by atoms with Crippen molar-refractivity contribution in [2.45, 2.75) is 4.90 Å². The summed E-state index contributed by atoms with van der Waals surface area (Å²) >= 11 is 7.20. The second kappa shape index (κ2) is 8.32. The lowest BCUT2D eigenvalue weighted by molar-refractivity contribution is -0.384. The van der Waals surface area contributed by atoms with Crippen LogP contribution < -0.4 is 10.9 Å². The molecule has 0 aliphatic rings. The normalized spacial score (nSPS) is 10.0. The van der Waals surface area contributed by atoms with Crippen LogP contribution in [0.3, 0.4) is 0 Å². The van der Waals surface area contributed by atoms with Crippen LogP contribution in [0, 0.1) is 10.1 Å². The molecule has 0 aromatic heterocycles. The van der Waals surface area contributed by atoms with E-state index in [2.05, 4.69) is 10.9 Å². The number of non-ortho nitro benzene ring substituents is 1. The van der Waals surface area contributed by atoms with Crippen molar-refractivity contribution >= 4 is 40.9 Å². The van der Waals surface area contributed by atoms with Gasteiger partial charge in [-0.25, -0.2) is 0 Å². The molecular weight excluding hydrogens is 354 g/mol. The molecule has 0 fully saturated rings. The number of hydrazine groups is 1. The first-order valence-corrected chi connectivity index (χ1v) is 8.04. The molecule has 0 heterocycles. The molecule has 2 N–H and O–H groups in total. The van der Waals surface area contributed by atoms with Crippen molar-refractivity contribution in [3.8, 4) is 0 Å². The number of nitro groups is 1. The van der Waals surface area contributed by atoms with E-state index in [0.717, 1.165) is 11.0 Å². The number of rotatable bonds is 5. The van der Waals surface area contributed by atoms with Crippen LogP contribution in [0.25, 0.3) is 0 Å². The van der Waals surface area contributed by atoms with E-state index in [1.54, 1.807) is 24.3 Å². The number of carbonyl (C=O) groups is 2. The predicted octanol–water partition coefficient (Wildman–Crippen LogP) is 2.80.